The number of nitrogens with one attached hydrogen (secondary N) is 3. The van der Waals surface area contributed by atoms with E-state index in [1.165, 1.54) is 11.3 Å². The number of benzene rings is 2. The van der Waals surface area contributed by atoms with Crippen molar-refractivity contribution in [3.63, 3.8) is 0 Å². The van der Waals surface area contributed by atoms with E-state index in [-0.39, 0.29) is 17.7 Å². The molecule has 2 aromatic carbocycles. The van der Waals surface area contributed by atoms with Crippen molar-refractivity contribution in [1.29, 1.82) is 0 Å². The summed E-state index contributed by atoms with van der Waals surface area (Å²) in [5.74, 6) is 0.0300. The Morgan fingerprint density at radius 2 is 1.97 bits per heavy atom. The van der Waals surface area contributed by atoms with E-state index in [0.717, 1.165) is 30.7 Å². The van der Waals surface area contributed by atoms with Gasteiger partial charge in [-0.15, -0.1) is 11.3 Å². The molecule has 2 atom stereocenters. The summed E-state index contributed by atoms with van der Waals surface area (Å²) in [4.78, 5) is 30.3. The normalized spacial score (nSPS) is 16.0. The Morgan fingerprint density at radius 3 is 2.74 bits per heavy atom. The first-order valence-electron chi connectivity index (χ1n) is 11.2. The molecule has 0 spiro atoms. The third-order valence-corrected chi connectivity index (χ3v) is 6.28. The Bertz CT molecular complexity index is 1100. The fourth-order valence-electron chi connectivity index (χ4n) is 3.73. The van der Waals surface area contributed by atoms with Gasteiger partial charge in [-0.3, -0.25) is 9.59 Å². The lowest BCUT2D eigenvalue weighted by atomic mass is 10.0. The lowest BCUT2D eigenvalue weighted by Crippen LogP contribution is -2.49. The number of nitrogens with zero attached hydrogens (tertiary/aromatic N) is 1. The Balaban J connectivity index is 1.42. The Hall–Kier alpha value is -3.43. The van der Waals surface area contributed by atoms with Crippen molar-refractivity contribution in [1.82, 2.24) is 15.6 Å². The van der Waals surface area contributed by atoms with Crippen molar-refractivity contribution < 1.29 is 19.1 Å². The molecular formula is C25H28N4O4S. The Labute approximate surface area is 202 Å². The number of hydrogen-bond acceptors (Lipinski definition) is 7. The lowest BCUT2D eigenvalue weighted by molar-refractivity contribution is -0.123. The zero-order valence-electron chi connectivity index (χ0n) is 19.0. The van der Waals surface area contributed by atoms with Crippen LogP contribution in [-0.2, 0) is 16.0 Å². The van der Waals surface area contributed by atoms with Crippen molar-refractivity contribution in [2.24, 2.45) is 0 Å². The number of para-hydroxylation sites is 2. The van der Waals surface area contributed by atoms with Gasteiger partial charge in [-0.05, 0) is 30.5 Å². The van der Waals surface area contributed by atoms with Crippen LogP contribution in [0.2, 0.25) is 0 Å². The van der Waals surface area contributed by atoms with Crippen molar-refractivity contribution in [2.45, 2.75) is 31.4 Å². The van der Waals surface area contributed by atoms with Crippen LogP contribution in [0.1, 0.15) is 28.9 Å². The number of thiazole rings is 1. The second-order valence-electron chi connectivity index (χ2n) is 7.96. The van der Waals surface area contributed by atoms with Crippen LogP contribution in [0.4, 0.5) is 10.8 Å². The maximum atomic E-state index is 13.0. The van der Waals surface area contributed by atoms with Crippen LogP contribution in [-0.4, -0.2) is 49.2 Å². The van der Waals surface area contributed by atoms with Crippen LogP contribution in [0.25, 0.3) is 0 Å². The number of anilines is 2. The summed E-state index contributed by atoms with van der Waals surface area (Å²) in [6, 6.07) is 16.3. The average Bonchev–Trinajstić information content (AvgIpc) is 3.55. The molecule has 4 rings (SSSR count). The molecule has 8 nitrogen and oxygen atoms in total. The minimum absolute atomic E-state index is 0.0270. The number of ether oxygens (including phenoxy) is 2. The molecule has 0 radical (unpaired) electrons. The fourth-order valence-corrected chi connectivity index (χ4v) is 4.44. The minimum atomic E-state index is -0.733. The molecule has 9 heteroatoms. The van der Waals surface area contributed by atoms with Gasteiger partial charge in [0.1, 0.15) is 17.5 Å². The van der Waals surface area contributed by atoms with Crippen LogP contribution < -0.4 is 20.7 Å². The van der Waals surface area contributed by atoms with Crippen molar-refractivity contribution >= 4 is 34.0 Å². The molecule has 1 aromatic heterocycles. The van der Waals surface area contributed by atoms with Gasteiger partial charge in [-0.25, -0.2) is 4.98 Å². The molecule has 178 valence electrons. The minimum Gasteiger partial charge on any atom is -0.495 e. The van der Waals surface area contributed by atoms with Gasteiger partial charge >= 0.3 is 0 Å². The molecule has 1 aliphatic heterocycles. The van der Waals surface area contributed by atoms with Crippen LogP contribution in [0.3, 0.4) is 0 Å². The molecule has 2 amide bonds. The van der Waals surface area contributed by atoms with Gasteiger partial charge in [-0.1, -0.05) is 42.5 Å². The zero-order chi connectivity index (χ0) is 23.8. The summed E-state index contributed by atoms with van der Waals surface area (Å²) in [5, 5.41) is 11.2. The summed E-state index contributed by atoms with van der Waals surface area (Å²) < 4.78 is 10.9. The van der Waals surface area contributed by atoms with Gasteiger partial charge < -0.3 is 25.4 Å². The van der Waals surface area contributed by atoms with Crippen molar-refractivity contribution in [3.8, 4) is 5.75 Å². The van der Waals surface area contributed by atoms with Crippen molar-refractivity contribution in [3.05, 3.63) is 71.2 Å². The maximum absolute atomic E-state index is 13.0. The van der Waals surface area contributed by atoms with E-state index in [9.17, 15) is 9.59 Å². The van der Waals surface area contributed by atoms with Gasteiger partial charge in [-0.2, -0.15) is 0 Å². The topological polar surface area (TPSA) is 102 Å². The highest BCUT2D eigenvalue weighted by Gasteiger charge is 2.25. The molecule has 2 heterocycles. The summed E-state index contributed by atoms with van der Waals surface area (Å²) in [7, 11) is 1.60. The number of amides is 2. The van der Waals surface area contributed by atoms with E-state index in [4.69, 9.17) is 9.47 Å². The van der Waals surface area contributed by atoms with E-state index in [1.54, 1.807) is 12.5 Å². The lowest BCUT2D eigenvalue weighted by Gasteiger charge is -2.19. The molecule has 1 fully saturated rings. The molecular weight excluding hydrogens is 452 g/mol. The number of aromatic nitrogens is 1. The highest BCUT2D eigenvalue weighted by atomic mass is 32.1. The fraction of sp³-hybridized carbons (Fsp3) is 0.320. The summed E-state index contributed by atoms with van der Waals surface area (Å²) in [5.41, 5.74) is 1.95. The smallest absolute Gasteiger partial charge is 0.271 e. The van der Waals surface area contributed by atoms with E-state index < -0.39 is 11.9 Å². The number of carbonyl (C=O) groups is 2. The predicted molar refractivity (Wildman–Crippen MR) is 132 cm³/mol. The highest BCUT2D eigenvalue weighted by Crippen LogP contribution is 2.28. The molecule has 34 heavy (non-hydrogen) atoms. The predicted octanol–water partition coefficient (Wildman–Crippen LogP) is 3.53. The first-order valence-corrected chi connectivity index (χ1v) is 12.1. The Morgan fingerprint density at radius 1 is 1.18 bits per heavy atom. The highest BCUT2D eigenvalue weighted by molar-refractivity contribution is 7.14. The summed E-state index contributed by atoms with van der Waals surface area (Å²) in [6.07, 6.45) is 2.33. The molecule has 0 saturated carbocycles. The molecule has 3 aromatic rings. The first kappa shape index (κ1) is 23.7. The second-order valence-corrected chi connectivity index (χ2v) is 8.82. The Kier molecular flexibility index (Phi) is 8.11. The number of methoxy groups -OCH3 is 1. The first-order chi connectivity index (χ1) is 16.6. The van der Waals surface area contributed by atoms with Crippen LogP contribution in [0.5, 0.6) is 5.75 Å². The molecule has 0 bridgehead atoms. The van der Waals surface area contributed by atoms with Gasteiger partial charge in [0.15, 0.2) is 5.13 Å². The molecule has 1 aliphatic rings. The second kappa shape index (κ2) is 11.6. The number of carbonyl (C=O) groups excluding carboxylic acids is 2. The van der Waals surface area contributed by atoms with Gasteiger partial charge in [0.05, 0.1) is 18.9 Å². The summed E-state index contributed by atoms with van der Waals surface area (Å²) >= 11 is 1.30. The van der Waals surface area contributed by atoms with Crippen molar-refractivity contribution in [2.75, 3.05) is 25.6 Å². The largest absolute Gasteiger partial charge is 0.495 e. The molecule has 1 saturated heterocycles. The quantitative estimate of drug-likeness (QED) is 0.410. The van der Waals surface area contributed by atoms with Gasteiger partial charge in [0, 0.05) is 25.0 Å². The third kappa shape index (κ3) is 6.33. The monoisotopic (exact) mass is 480 g/mol. The molecule has 2 unspecified atom stereocenters. The molecule has 3 N–H and O–H groups in total. The summed E-state index contributed by atoms with van der Waals surface area (Å²) in [6.45, 7) is 1.16. The number of hydrogen-bond donors (Lipinski definition) is 3. The average molecular weight is 481 g/mol. The van der Waals surface area contributed by atoms with Gasteiger partial charge in [0.25, 0.3) is 5.91 Å². The standard InChI is InChI=1S/C25H28N4O4S/c1-32-22-12-6-5-11-19(22)28-25-29-21(16-34-25)24(31)27-20(14-17-8-3-2-4-9-17)23(30)26-15-18-10-7-13-33-18/h2-6,8-9,11-12,16,18,20H,7,10,13-15H2,1H3,(H,26,30)(H,27,31)(H,28,29). The van der Waals surface area contributed by atoms with Crippen LogP contribution >= 0.6 is 11.3 Å². The van der Waals surface area contributed by atoms with E-state index >= 15 is 0 Å². The molecule has 0 aliphatic carbocycles. The van der Waals surface area contributed by atoms with E-state index in [2.05, 4.69) is 20.9 Å². The van der Waals surface area contributed by atoms with E-state index in [1.807, 2.05) is 54.6 Å². The third-order valence-electron chi connectivity index (χ3n) is 5.52. The SMILES string of the molecule is COc1ccccc1Nc1nc(C(=O)NC(Cc2ccccc2)C(=O)NCC2CCCO2)cs1. The van der Waals surface area contributed by atoms with Crippen LogP contribution in [0.15, 0.2) is 60.0 Å². The maximum Gasteiger partial charge on any atom is 0.271 e. The van der Waals surface area contributed by atoms with Gasteiger partial charge in [0.2, 0.25) is 5.91 Å². The van der Waals surface area contributed by atoms with Crippen LogP contribution in [0, 0.1) is 0 Å². The van der Waals surface area contributed by atoms with E-state index in [0.29, 0.717) is 23.8 Å². The number of rotatable bonds is 10. The zero-order valence-corrected chi connectivity index (χ0v) is 19.8.